The van der Waals surface area contributed by atoms with E-state index in [1.807, 2.05) is 0 Å². The Bertz CT molecular complexity index is 308. The summed E-state index contributed by atoms with van der Waals surface area (Å²) in [5.41, 5.74) is 5.90. The van der Waals surface area contributed by atoms with Crippen molar-refractivity contribution in [1.29, 1.82) is 0 Å². The lowest BCUT2D eigenvalue weighted by Crippen LogP contribution is -2.03. The fraction of sp³-hybridized carbons (Fsp3) is 0.375. The Morgan fingerprint density at radius 1 is 1.62 bits per heavy atom. The Morgan fingerprint density at radius 3 is 2.77 bits per heavy atom. The highest BCUT2D eigenvalue weighted by molar-refractivity contribution is 7.10. The number of esters is 1. The van der Waals surface area contributed by atoms with E-state index in [0.29, 0.717) is 17.9 Å². The zero-order chi connectivity index (χ0) is 9.84. The van der Waals surface area contributed by atoms with Gasteiger partial charge in [-0.25, -0.2) is 4.79 Å². The third kappa shape index (κ3) is 1.81. The summed E-state index contributed by atoms with van der Waals surface area (Å²) >= 11 is 1.39. The molecule has 0 unspecified atom stereocenters. The fourth-order valence-electron chi connectivity index (χ4n) is 1.00. The monoisotopic (exact) mass is 201 g/mol. The number of ether oxygens (including phenoxy) is 2. The Balaban J connectivity index is 3.07. The maximum atomic E-state index is 11.2. The summed E-state index contributed by atoms with van der Waals surface area (Å²) in [6.07, 6.45) is 0. The number of thiophene rings is 1. The minimum absolute atomic E-state index is 0.366. The van der Waals surface area contributed by atoms with E-state index < -0.39 is 5.97 Å². The minimum atomic E-state index is -0.396. The van der Waals surface area contributed by atoms with Crippen LogP contribution in [0.15, 0.2) is 5.38 Å². The minimum Gasteiger partial charge on any atom is -0.495 e. The van der Waals surface area contributed by atoms with Gasteiger partial charge in [0.15, 0.2) is 0 Å². The maximum absolute atomic E-state index is 11.2. The first-order valence-corrected chi connectivity index (χ1v) is 4.55. The molecule has 0 saturated carbocycles. The van der Waals surface area contributed by atoms with Gasteiger partial charge in [0, 0.05) is 11.9 Å². The smallest absolute Gasteiger partial charge is 0.342 e. The van der Waals surface area contributed by atoms with E-state index in [4.69, 9.17) is 10.5 Å². The Hall–Kier alpha value is -1.07. The second kappa shape index (κ2) is 4.25. The molecule has 0 aliphatic carbocycles. The summed E-state index contributed by atoms with van der Waals surface area (Å²) in [5, 5.41) is 1.69. The van der Waals surface area contributed by atoms with Gasteiger partial charge in [0.1, 0.15) is 11.3 Å². The third-order valence-electron chi connectivity index (χ3n) is 1.61. The fourth-order valence-corrected chi connectivity index (χ4v) is 1.86. The Labute approximate surface area is 80.3 Å². The van der Waals surface area contributed by atoms with Crippen molar-refractivity contribution in [1.82, 2.24) is 0 Å². The van der Waals surface area contributed by atoms with Crippen LogP contribution in [0, 0.1) is 0 Å². The lowest BCUT2D eigenvalue weighted by molar-refractivity contribution is 0.0597. The molecule has 1 heterocycles. The number of nitrogens with two attached hydrogens (primary N) is 1. The quantitative estimate of drug-likeness (QED) is 0.741. The first kappa shape index (κ1) is 10.0. The molecular formula is C8H11NO3S. The van der Waals surface area contributed by atoms with Gasteiger partial charge in [0.05, 0.1) is 19.1 Å². The van der Waals surface area contributed by atoms with E-state index >= 15 is 0 Å². The first-order valence-electron chi connectivity index (χ1n) is 3.67. The van der Waals surface area contributed by atoms with Crippen molar-refractivity contribution in [2.45, 2.75) is 6.54 Å². The van der Waals surface area contributed by atoms with Gasteiger partial charge in [-0.1, -0.05) is 0 Å². The normalized spacial score (nSPS) is 9.77. The van der Waals surface area contributed by atoms with Crippen LogP contribution in [0.3, 0.4) is 0 Å². The maximum Gasteiger partial charge on any atom is 0.342 e. The second-order valence-corrected chi connectivity index (χ2v) is 3.27. The first-order chi connectivity index (χ1) is 6.24. The lowest BCUT2D eigenvalue weighted by atomic mass is 10.3. The van der Waals surface area contributed by atoms with Gasteiger partial charge in [-0.15, -0.1) is 11.3 Å². The van der Waals surface area contributed by atoms with Crippen molar-refractivity contribution in [3.63, 3.8) is 0 Å². The molecule has 1 aromatic rings. The van der Waals surface area contributed by atoms with E-state index in [2.05, 4.69) is 4.74 Å². The van der Waals surface area contributed by atoms with E-state index in [9.17, 15) is 4.79 Å². The molecule has 0 atom stereocenters. The number of hydrogen-bond acceptors (Lipinski definition) is 5. The Kier molecular flexibility index (Phi) is 3.27. The van der Waals surface area contributed by atoms with Crippen LogP contribution >= 0.6 is 11.3 Å². The number of rotatable bonds is 3. The average molecular weight is 201 g/mol. The molecule has 2 N–H and O–H groups in total. The zero-order valence-corrected chi connectivity index (χ0v) is 8.31. The summed E-state index contributed by atoms with van der Waals surface area (Å²) < 4.78 is 9.64. The lowest BCUT2D eigenvalue weighted by Gasteiger charge is -2.02. The highest BCUT2D eigenvalue weighted by Crippen LogP contribution is 2.30. The van der Waals surface area contributed by atoms with Crippen LogP contribution in [0.2, 0.25) is 0 Å². The Morgan fingerprint density at radius 2 is 2.31 bits per heavy atom. The highest BCUT2D eigenvalue weighted by atomic mass is 32.1. The molecule has 0 fully saturated rings. The SMILES string of the molecule is COC(=O)c1csc(CN)c1OC. The number of carbonyl (C=O) groups is 1. The van der Waals surface area contributed by atoms with Crippen molar-refractivity contribution >= 4 is 17.3 Å². The van der Waals surface area contributed by atoms with Gasteiger partial charge < -0.3 is 15.2 Å². The molecule has 5 heteroatoms. The zero-order valence-electron chi connectivity index (χ0n) is 7.49. The molecule has 0 amide bonds. The second-order valence-electron chi connectivity index (χ2n) is 2.30. The molecule has 13 heavy (non-hydrogen) atoms. The standard InChI is InChI=1S/C8H11NO3S/c1-11-7-5(8(10)12-2)4-13-6(7)3-9/h4H,3,9H2,1-2H3. The van der Waals surface area contributed by atoms with Crippen LogP contribution in [0.5, 0.6) is 5.75 Å². The van der Waals surface area contributed by atoms with Gasteiger partial charge in [-0.05, 0) is 0 Å². The van der Waals surface area contributed by atoms with E-state index in [-0.39, 0.29) is 0 Å². The number of hydrogen-bond donors (Lipinski definition) is 1. The molecule has 1 rings (SSSR count). The van der Waals surface area contributed by atoms with Crippen LogP contribution in [-0.4, -0.2) is 20.2 Å². The van der Waals surface area contributed by atoms with Crippen LogP contribution in [0.4, 0.5) is 0 Å². The summed E-state index contributed by atoms with van der Waals surface area (Å²) in [4.78, 5) is 12.0. The summed E-state index contributed by atoms with van der Waals surface area (Å²) in [5.74, 6) is 0.132. The van der Waals surface area contributed by atoms with Gasteiger partial charge in [-0.2, -0.15) is 0 Å². The van der Waals surface area contributed by atoms with Gasteiger partial charge in [0.25, 0.3) is 0 Å². The predicted octanol–water partition coefficient (Wildman–Crippen LogP) is 1.00. The van der Waals surface area contributed by atoms with Crippen LogP contribution in [0.1, 0.15) is 15.2 Å². The topological polar surface area (TPSA) is 61.5 Å². The van der Waals surface area contributed by atoms with Crippen molar-refractivity contribution in [3.05, 3.63) is 15.8 Å². The molecule has 1 aromatic heterocycles. The molecule has 0 aromatic carbocycles. The number of carbonyl (C=O) groups excluding carboxylic acids is 1. The molecule has 0 spiro atoms. The van der Waals surface area contributed by atoms with Crippen molar-refractivity contribution in [2.24, 2.45) is 5.73 Å². The molecule has 72 valence electrons. The molecule has 0 saturated heterocycles. The summed E-state index contributed by atoms with van der Waals surface area (Å²) in [6.45, 7) is 0.366. The highest BCUT2D eigenvalue weighted by Gasteiger charge is 2.17. The predicted molar refractivity (Wildman–Crippen MR) is 50.1 cm³/mol. The molecular weight excluding hydrogens is 190 g/mol. The summed E-state index contributed by atoms with van der Waals surface area (Å²) in [6, 6.07) is 0. The summed E-state index contributed by atoms with van der Waals surface area (Å²) in [7, 11) is 2.84. The molecule has 0 bridgehead atoms. The molecule has 0 radical (unpaired) electrons. The molecule has 0 aliphatic heterocycles. The van der Waals surface area contributed by atoms with Gasteiger partial charge in [0.2, 0.25) is 0 Å². The van der Waals surface area contributed by atoms with Crippen LogP contribution < -0.4 is 10.5 Å². The number of methoxy groups -OCH3 is 2. The van der Waals surface area contributed by atoms with Gasteiger partial charge in [-0.3, -0.25) is 0 Å². The van der Waals surface area contributed by atoms with E-state index in [1.54, 1.807) is 5.38 Å². The van der Waals surface area contributed by atoms with Crippen molar-refractivity contribution < 1.29 is 14.3 Å². The molecule has 4 nitrogen and oxygen atoms in total. The van der Waals surface area contributed by atoms with E-state index in [0.717, 1.165) is 4.88 Å². The largest absolute Gasteiger partial charge is 0.495 e. The van der Waals surface area contributed by atoms with Gasteiger partial charge >= 0.3 is 5.97 Å². The van der Waals surface area contributed by atoms with Crippen molar-refractivity contribution in [2.75, 3.05) is 14.2 Å². The van der Waals surface area contributed by atoms with Crippen molar-refractivity contribution in [3.8, 4) is 5.75 Å². The van der Waals surface area contributed by atoms with E-state index in [1.165, 1.54) is 25.6 Å². The van der Waals surface area contributed by atoms with Crippen LogP contribution in [-0.2, 0) is 11.3 Å². The molecule has 0 aliphatic rings. The third-order valence-corrected chi connectivity index (χ3v) is 2.60. The van der Waals surface area contributed by atoms with Crippen LogP contribution in [0.25, 0.3) is 0 Å². The average Bonchev–Trinajstić information content (AvgIpc) is 2.58.